The third-order valence-electron chi connectivity index (χ3n) is 11.3. The quantitative estimate of drug-likeness (QED) is 0.159. The first-order valence-corrected chi connectivity index (χ1v) is 19.5. The van der Waals surface area contributed by atoms with Crippen LogP contribution >= 0.6 is 11.3 Å². The number of hydrogen-bond acceptors (Lipinski definition) is 1. The lowest BCUT2D eigenvalue weighted by molar-refractivity contribution is -0.598. The third-order valence-corrected chi connectivity index (χ3v) is 12.3. The van der Waals surface area contributed by atoms with E-state index in [1.165, 1.54) is 113 Å². The van der Waals surface area contributed by atoms with Crippen LogP contribution < -0.4 is 4.57 Å². The van der Waals surface area contributed by atoms with Crippen LogP contribution in [0, 0.1) is 0 Å². The number of rotatable bonds is 5. The summed E-state index contributed by atoms with van der Waals surface area (Å²) in [7, 11) is 0. The first-order chi connectivity index (χ1) is 26.3. The number of nitrogens with zero attached hydrogens (tertiary/aromatic N) is 3. The number of benzene rings is 7. The molecule has 53 heavy (non-hydrogen) atoms. The summed E-state index contributed by atoms with van der Waals surface area (Å²) in [6.45, 7) is 0. The van der Waals surface area contributed by atoms with Gasteiger partial charge in [0.15, 0.2) is 0 Å². The minimum atomic E-state index is 1.11. The lowest BCUT2D eigenvalue weighted by atomic mass is 9.93. The maximum atomic E-state index is 2.54. The summed E-state index contributed by atoms with van der Waals surface area (Å²) < 4.78 is 7.34. The van der Waals surface area contributed by atoms with Crippen molar-refractivity contribution in [3.05, 3.63) is 180 Å². The molecule has 0 aliphatic heterocycles. The monoisotopic (exact) mass is 698 g/mol. The topological polar surface area (TPSA) is 13.7 Å². The Kier molecular flexibility index (Phi) is 6.99. The van der Waals surface area contributed by atoms with Gasteiger partial charge in [0.2, 0.25) is 16.9 Å². The van der Waals surface area contributed by atoms with E-state index in [1.54, 1.807) is 0 Å². The van der Waals surface area contributed by atoms with Crippen LogP contribution in [0.3, 0.4) is 0 Å². The molecule has 3 heterocycles. The van der Waals surface area contributed by atoms with E-state index in [4.69, 9.17) is 0 Å². The molecular formula is C49H36N3S+. The van der Waals surface area contributed by atoms with Gasteiger partial charge in [0, 0.05) is 39.3 Å². The summed E-state index contributed by atoms with van der Waals surface area (Å²) in [6.07, 6.45) is 4.78. The van der Waals surface area contributed by atoms with Crippen molar-refractivity contribution in [2.24, 2.45) is 0 Å². The number of fused-ring (bicyclic) bond motifs is 7. The van der Waals surface area contributed by atoms with Gasteiger partial charge in [-0.2, -0.15) is 4.57 Å². The van der Waals surface area contributed by atoms with E-state index < -0.39 is 0 Å². The Labute approximate surface area is 312 Å². The normalized spacial score (nSPS) is 13.0. The van der Waals surface area contributed by atoms with Gasteiger partial charge in [-0.3, -0.25) is 0 Å². The highest BCUT2D eigenvalue weighted by Crippen LogP contribution is 2.41. The number of aryl methyl sites for hydroxylation is 1. The summed E-state index contributed by atoms with van der Waals surface area (Å²) in [5, 5.41) is 5.08. The van der Waals surface area contributed by atoms with Crippen LogP contribution in [0.15, 0.2) is 169 Å². The first kappa shape index (κ1) is 30.4. The highest BCUT2D eigenvalue weighted by Gasteiger charge is 2.30. The summed E-state index contributed by atoms with van der Waals surface area (Å²) in [4.78, 5) is 1.53. The van der Waals surface area contributed by atoms with E-state index in [-0.39, 0.29) is 0 Å². The van der Waals surface area contributed by atoms with Crippen LogP contribution in [-0.4, -0.2) is 9.13 Å². The van der Waals surface area contributed by atoms with Gasteiger partial charge in [-0.15, -0.1) is 0 Å². The maximum absolute atomic E-state index is 2.54. The molecule has 10 aromatic rings. The van der Waals surface area contributed by atoms with Gasteiger partial charge in [0.05, 0.1) is 38.1 Å². The lowest BCUT2D eigenvalue weighted by Crippen LogP contribution is -2.35. The van der Waals surface area contributed by atoms with E-state index in [0.717, 1.165) is 6.42 Å². The predicted octanol–water partition coefficient (Wildman–Crippen LogP) is 12.4. The Bertz CT molecular complexity index is 2820. The highest BCUT2D eigenvalue weighted by atomic mass is 32.1. The summed E-state index contributed by atoms with van der Waals surface area (Å²) in [6, 6.07) is 60.2. The van der Waals surface area contributed by atoms with Crippen LogP contribution in [0.25, 0.3) is 82.9 Å². The van der Waals surface area contributed by atoms with Gasteiger partial charge < -0.3 is 9.13 Å². The molecule has 3 nitrogen and oxygen atoms in total. The second kappa shape index (κ2) is 12.2. The largest absolute Gasteiger partial charge is 0.309 e. The molecule has 0 saturated heterocycles. The van der Waals surface area contributed by atoms with Crippen molar-refractivity contribution in [1.29, 1.82) is 0 Å². The fourth-order valence-electron chi connectivity index (χ4n) is 8.87. The molecule has 0 radical (unpaired) electrons. The molecule has 0 fully saturated rings. The Hall–Kier alpha value is -6.23. The molecule has 0 atom stereocenters. The molecule has 7 aromatic carbocycles. The van der Waals surface area contributed by atoms with E-state index in [9.17, 15) is 0 Å². The van der Waals surface area contributed by atoms with E-state index in [0.29, 0.717) is 0 Å². The van der Waals surface area contributed by atoms with Crippen LogP contribution in [0.4, 0.5) is 0 Å². The summed E-state index contributed by atoms with van der Waals surface area (Å²) in [5.74, 6) is 0. The summed E-state index contributed by atoms with van der Waals surface area (Å²) in [5.41, 5.74) is 17.3. The molecule has 252 valence electrons. The highest BCUT2D eigenvalue weighted by molar-refractivity contribution is 7.09. The standard InChI is InChI=1S/C49H36N3S/c1-3-14-35(15-4-1)51-43-22-9-7-18-39(43)41-30-33(26-28-45(41)51)37-20-13-21-38(49(37)50-32-53-48-25-12-11-24-47(48)50)34-27-29-46-42(31-34)40-19-8-10-23-44(40)52(46)36-16-5-2-6-17-36/h1-10,13-23,26-32H,11-12,24-25H2/q+1. The zero-order valence-corrected chi connectivity index (χ0v) is 30.1. The molecule has 1 aliphatic carbocycles. The second-order valence-corrected chi connectivity index (χ2v) is 15.2. The molecule has 0 N–H and O–H groups in total. The number of aromatic nitrogens is 3. The van der Waals surface area contributed by atoms with Gasteiger partial charge in [-0.1, -0.05) is 102 Å². The van der Waals surface area contributed by atoms with E-state index in [1.807, 2.05) is 11.3 Å². The van der Waals surface area contributed by atoms with Gasteiger partial charge >= 0.3 is 0 Å². The molecular weight excluding hydrogens is 663 g/mol. The zero-order valence-electron chi connectivity index (χ0n) is 29.2. The average molecular weight is 699 g/mol. The van der Waals surface area contributed by atoms with Gasteiger partial charge in [-0.25, -0.2) is 0 Å². The minimum Gasteiger partial charge on any atom is -0.309 e. The van der Waals surface area contributed by atoms with Crippen LogP contribution in [0.1, 0.15) is 23.4 Å². The summed E-state index contributed by atoms with van der Waals surface area (Å²) >= 11 is 1.92. The molecule has 11 rings (SSSR count). The molecule has 0 bridgehead atoms. The fourth-order valence-corrected chi connectivity index (χ4v) is 9.94. The Morgan fingerprint density at radius 1 is 0.434 bits per heavy atom. The lowest BCUT2D eigenvalue weighted by Gasteiger charge is -2.14. The van der Waals surface area contributed by atoms with Crippen molar-refractivity contribution in [1.82, 2.24) is 9.13 Å². The SMILES string of the molecule is c1ccc(-n2c3ccccc3c3cc(-c4cccc(-c5ccc6c(c5)c5ccccc5n6-c5ccccc5)c4-[n+]4csc5c4CCCC5)ccc32)cc1. The smallest absolute Gasteiger partial charge is 0.231 e. The van der Waals surface area contributed by atoms with Crippen molar-refractivity contribution in [2.75, 3.05) is 0 Å². The second-order valence-electron chi connectivity index (χ2n) is 14.2. The molecule has 0 spiro atoms. The van der Waals surface area contributed by atoms with Gasteiger partial charge in [0.1, 0.15) is 0 Å². The van der Waals surface area contributed by atoms with Crippen LogP contribution in [-0.2, 0) is 12.8 Å². The van der Waals surface area contributed by atoms with Crippen molar-refractivity contribution in [3.63, 3.8) is 0 Å². The fraction of sp³-hybridized carbons (Fsp3) is 0.0816. The molecule has 1 aliphatic rings. The molecule has 3 aromatic heterocycles. The predicted molar refractivity (Wildman–Crippen MR) is 222 cm³/mol. The van der Waals surface area contributed by atoms with Crippen LogP contribution in [0.2, 0.25) is 0 Å². The molecule has 0 saturated carbocycles. The Morgan fingerprint density at radius 2 is 0.925 bits per heavy atom. The number of para-hydroxylation sites is 5. The number of hydrogen-bond donors (Lipinski definition) is 0. The van der Waals surface area contributed by atoms with E-state index in [2.05, 4.69) is 183 Å². The number of thiazole rings is 1. The zero-order chi connectivity index (χ0) is 34.9. The molecule has 0 amide bonds. The van der Waals surface area contributed by atoms with Crippen molar-refractivity contribution in [2.45, 2.75) is 25.7 Å². The Morgan fingerprint density at radius 3 is 1.49 bits per heavy atom. The van der Waals surface area contributed by atoms with Crippen LogP contribution in [0.5, 0.6) is 0 Å². The minimum absolute atomic E-state index is 1.11. The van der Waals surface area contributed by atoms with Crippen molar-refractivity contribution >= 4 is 54.9 Å². The molecule has 0 unspecified atom stereocenters. The first-order valence-electron chi connectivity index (χ1n) is 18.6. The van der Waals surface area contributed by atoms with Crippen molar-refractivity contribution < 1.29 is 4.57 Å². The van der Waals surface area contributed by atoms with Crippen molar-refractivity contribution in [3.8, 4) is 39.3 Å². The Balaban J connectivity index is 1.16. The molecule has 4 heteroatoms. The average Bonchev–Trinajstić information content (AvgIpc) is 3.91. The maximum Gasteiger partial charge on any atom is 0.231 e. The van der Waals surface area contributed by atoms with Gasteiger partial charge in [0.25, 0.3) is 0 Å². The van der Waals surface area contributed by atoms with E-state index >= 15 is 0 Å². The third kappa shape index (κ3) is 4.76. The van der Waals surface area contributed by atoms with Gasteiger partial charge in [-0.05, 0) is 103 Å².